The molecule has 0 spiro atoms. The minimum atomic E-state index is -0.555. The number of hydrogen-bond acceptors (Lipinski definition) is 3. The zero-order chi connectivity index (χ0) is 17.8. The van der Waals surface area contributed by atoms with Crippen molar-refractivity contribution in [2.45, 2.75) is 38.8 Å². The molecular formula is C19H22F2N2O2. The monoisotopic (exact) mass is 348 g/mol. The van der Waals surface area contributed by atoms with Crippen LogP contribution in [0.2, 0.25) is 0 Å². The number of halogens is 2. The highest BCUT2D eigenvalue weighted by atomic mass is 19.1. The van der Waals surface area contributed by atoms with E-state index in [4.69, 9.17) is 4.42 Å². The first-order chi connectivity index (χ1) is 12.0. The summed E-state index contributed by atoms with van der Waals surface area (Å²) in [5, 5.41) is 2.56. The largest absolute Gasteiger partial charge is 0.454 e. The molecule has 1 atom stereocenters. The van der Waals surface area contributed by atoms with Crippen LogP contribution in [0.3, 0.4) is 0 Å². The maximum atomic E-state index is 13.6. The molecule has 25 heavy (non-hydrogen) atoms. The van der Waals surface area contributed by atoms with Crippen molar-refractivity contribution in [3.05, 3.63) is 59.1 Å². The minimum absolute atomic E-state index is 0.0971. The first-order valence-corrected chi connectivity index (χ1v) is 8.60. The Morgan fingerprint density at radius 2 is 1.96 bits per heavy atom. The highest BCUT2D eigenvalue weighted by Crippen LogP contribution is 2.25. The van der Waals surface area contributed by atoms with Crippen molar-refractivity contribution in [2.75, 3.05) is 13.1 Å². The van der Waals surface area contributed by atoms with E-state index in [1.807, 2.05) is 0 Å². The van der Waals surface area contributed by atoms with Crippen molar-refractivity contribution in [3.8, 4) is 0 Å². The fourth-order valence-electron chi connectivity index (χ4n) is 3.13. The SMILES string of the molecule is C[C@@H](c1ccc(C(=O)NCc2cc(F)ccc2F)o1)N1CCCCC1. The van der Waals surface area contributed by atoms with Crippen molar-refractivity contribution in [1.29, 1.82) is 0 Å². The van der Waals surface area contributed by atoms with Crippen LogP contribution in [0.25, 0.3) is 0 Å². The summed E-state index contributed by atoms with van der Waals surface area (Å²) in [5.41, 5.74) is 0.0989. The first-order valence-electron chi connectivity index (χ1n) is 8.60. The van der Waals surface area contributed by atoms with E-state index in [1.165, 1.54) is 19.3 Å². The third-order valence-corrected chi connectivity index (χ3v) is 4.65. The van der Waals surface area contributed by atoms with Gasteiger partial charge in [-0.3, -0.25) is 9.69 Å². The average Bonchev–Trinajstić information content (AvgIpc) is 3.12. The number of benzene rings is 1. The molecule has 0 saturated carbocycles. The fourth-order valence-corrected chi connectivity index (χ4v) is 3.13. The highest BCUT2D eigenvalue weighted by Gasteiger charge is 2.22. The molecule has 1 amide bonds. The van der Waals surface area contributed by atoms with Crippen molar-refractivity contribution < 1.29 is 18.0 Å². The van der Waals surface area contributed by atoms with Gasteiger partial charge in [-0.2, -0.15) is 0 Å². The van der Waals surface area contributed by atoms with Gasteiger partial charge >= 0.3 is 0 Å². The number of likely N-dealkylation sites (tertiary alicyclic amines) is 1. The van der Waals surface area contributed by atoms with Gasteiger partial charge in [0.1, 0.15) is 17.4 Å². The Balaban J connectivity index is 1.61. The molecule has 0 bridgehead atoms. The molecule has 0 unspecified atom stereocenters. The third kappa shape index (κ3) is 4.25. The Morgan fingerprint density at radius 3 is 2.72 bits per heavy atom. The van der Waals surface area contributed by atoms with Gasteiger partial charge in [-0.25, -0.2) is 8.78 Å². The topological polar surface area (TPSA) is 45.5 Å². The molecule has 134 valence electrons. The molecule has 1 N–H and O–H groups in total. The summed E-state index contributed by atoms with van der Waals surface area (Å²) in [6.07, 6.45) is 3.61. The van der Waals surface area contributed by atoms with E-state index in [-0.39, 0.29) is 23.9 Å². The number of rotatable bonds is 5. The molecule has 2 heterocycles. The molecule has 0 radical (unpaired) electrons. The molecule has 1 saturated heterocycles. The van der Waals surface area contributed by atoms with Crippen molar-refractivity contribution >= 4 is 5.91 Å². The molecule has 2 aromatic rings. The number of hydrogen-bond donors (Lipinski definition) is 1. The second kappa shape index (κ2) is 7.78. The van der Waals surface area contributed by atoms with E-state index in [0.717, 1.165) is 37.0 Å². The van der Waals surface area contributed by atoms with E-state index < -0.39 is 17.5 Å². The van der Waals surface area contributed by atoms with Crippen LogP contribution in [0.15, 0.2) is 34.7 Å². The molecule has 0 aliphatic carbocycles. The summed E-state index contributed by atoms with van der Waals surface area (Å²) < 4.78 is 32.4. The van der Waals surface area contributed by atoms with Crippen molar-refractivity contribution in [2.24, 2.45) is 0 Å². The molecular weight excluding hydrogens is 326 g/mol. The minimum Gasteiger partial charge on any atom is -0.454 e. The summed E-state index contributed by atoms with van der Waals surface area (Å²) >= 11 is 0. The van der Waals surface area contributed by atoms with Crippen LogP contribution < -0.4 is 5.32 Å². The molecule has 3 rings (SSSR count). The number of amides is 1. The lowest BCUT2D eigenvalue weighted by molar-refractivity contribution is 0.0913. The van der Waals surface area contributed by atoms with Crippen LogP contribution in [-0.2, 0) is 6.54 Å². The molecule has 4 nitrogen and oxygen atoms in total. The van der Waals surface area contributed by atoms with Gasteiger partial charge in [-0.1, -0.05) is 6.42 Å². The molecule has 1 fully saturated rings. The van der Waals surface area contributed by atoms with Gasteiger partial charge in [0.25, 0.3) is 5.91 Å². The normalized spacial score (nSPS) is 16.6. The third-order valence-electron chi connectivity index (χ3n) is 4.65. The first kappa shape index (κ1) is 17.6. The van der Waals surface area contributed by atoms with Crippen LogP contribution in [0.5, 0.6) is 0 Å². The van der Waals surface area contributed by atoms with Crippen molar-refractivity contribution in [3.63, 3.8) is 0 Å². The highest BCUT2D eigenvalue weighted by molar-refractivity contribution is 5.91. The summed E-state index contributed by atoms with van der Waals surface area (Å²) in [6, 6.07) is 6.69. The van der Waals surface area contributed by atoms with E-state index >= 15 is 0 Å². The molecule has 1 aromatic heterocycles. The fraction of sp³-hybridized carbons (Fsp3) is 0.421. The number of nitrogens with zero attached hydrogens (tertiary/aromatic N) is 1. The van der Waals surface area contributed by atoms with Gasteiger partial charge in [0.05, 0.1) is 6.04 Å². The predicted molar refractivity (Wildman–Crippen MR) is 90.1 cm³/mol. The Hall–Kier alpha value is -2.21. The van der Waals surface area contributed by atoms with E-state index in [2.05, 4.69) is 17.1 Å². The lowest BCUT2D eigenvalue weighted by atomic mass is 10.1. The van der Waals surface area contributed by atoms with Crippen LogP contribution in [0.1, 0.15) is 54.1 Å². The lowest BCUT2D eigenvalue weighted by Gasteiger charge is -2.31. The van der Waals surface area contributed by atoms with Gasteiger partial charge < -0.3 is 9.73 Å². The maximum absolute atomic E-state index is 13.6. The Morgan fingerprint density at radius 1 is 1.20 bits per heavy atom. The summed E-state index contributed by atoms with van der Waals surface area (Å²) in [5.74, 6) is -0.623. The van der Waals surface area contributed by atoms with Gasteiger partial charge in [0.15, 0.2) is 5.76 Å². The molecule has 1 aliphatic rings. The number of furan rings is 1. The van der Waals surface area contributed by atoms with E-state index in [0.29, 0.717) is 0 Å². The molecule has 1 aromatic carbocycles. The van der Waals surface area contributed by atoms with Gasteiger partial charge in [-0.15, -0.1) is 0 Å². The van der Waals surface area contributed by atoms with Gasteiger partial charge in [0, 0.05) is 12.1 Å². The van der Waals surface area contributed by atoms with E-state index in [9.17, 15) is 13.6 Å². The Kier molecular flexibility index (Phi) is 5.48. The van der Waals surface area contributed by atoms with Crippen LogP contribution >= 0.6 is 0 Å². The maximum Gasteiger partial charge on any atom is 0.287 e. The standard InChI is InChI=1S/C19H22F2N2O2/c1-13(23-9-3-2-4-10-23)17-7-8-18(25-17)19(24)22-12-14-11-15(20)5-6-16(14)21/h5-8,11,13H,2-4,9-10,12H2,1H3,(H,22,24)/t13-/m0/s1. The zero-order valence-corrected chi connectivity index (χ0v) is 14.2. The second-order valence-electron chi connectivity index (χ2n) is 6.39. The summed E-state index contributed by atoms with van der Waals surface area (Å²) in [4.78, 5) is 14.5. The number of nitrogens with one attached hydrogen (secondary N) is 1. The smallest absolute Gasteiger partial charge is 0.287 e. The van der Waals surface area contributed by atoms with Crippen LogP contribution in [0, 0.1) is 11.6 Å². The number of carbonyl (C=O) groups excluding carboxylic acids is 1. The quantitative estimate of drug-likeness (QED) is 0.887. The zero-order valence-electron chi connectivity index (χ0n) is 14.2. The molecule has 6 heteroatoms. The second-order valence-corrected chi connectivity index (χ2v) is 6.39. The number of piperidine rings is 1. The van der Waals surface area contributed by atoms with Crippen LogP contribution in [0.4, 0.5) is 8.78 Å². The lowest BCUT2D eigenvalue weighted by Crippen LogP contribution is -2.32. The molecule has 1 aliphatic heterocycles. The Bertz CT molecular complexity index is 739. The number of carbonyl (C=O) groups is 1. The Labute approximate surface area is 145 Å². The van der Waals surface area contributed by atoms with Crippen molar-refractivity contribution in [1.82, 2.24) is 10.2 Å². The predicted octanol–water partition coefficient (Wildman–Crippen LogP) is 4.03. The summed E-state index contributed by atoms with van der Waals surface area (Å²) in [6.45, 7) is 4.03. The van der Waals surface area contributed by atoms with E-state index in [1.54, 1.807) is 12.1 Å². The average molecular weight is 348 g/mol. The summed E-state index contributed by atoms with van der Waals surface area (Å²) in [7, 11) is 0. The van der Waals surface area contributed by atoms with Gasteiger partial charge in [0.2, 0.25) is 0 Å². The van der Waals surface area contributed by atoms with Gasteiger partial charge in [-0.05, 0) is 63.2 Å². The van der Waals surface area contributed by atoms with Crippen LogP contribution in [-0.4, -0.2) is 23.9 Å².